The number of nitrogens with zero attached hydrogens (tertiary/aromatic N) is 3. The molecule has 0 bridgehead atoms. The maximum Gasteiger partial charge on any atom is 0.358 e. The van der Waals surface area contributed by atoms with Crippen LogP contribution in [0.5, 0.6) is 0 Å². The first kappa shape index (κ1) is 13.0. The molecule has 2 rings (SSSR count). The van der Waals surface area contributed by atoms with E-state index in [1.165, 1.54) is 0 Å². The summed E-state index contributed by atoms with van der Waals surface area (Å²) >= 11 is 0. The molecule has 0 unspecified atom stereocenters. The van der Waals surface area contributed by atoms with E-state index in [1.807, 2.05) is 30.3 Å². The standard InChI is InChI=1S/C14H15N3O2/c1-2-10-17-12(13(14(18)19)15-16-17)9-8-11-6-4-3-5-7-11/h2-7H,1,8-10H2,(H,18,19). The highest BCUT2D eigenvalue weighted by atomic mass is 16.4. The number of carboxylic acid groups (broad SMARTS) is 1. The van der Waals surface area contributed by atoms with E-state index in [9.17, 15) is 4.79 Å². The zero-order chi connectivity index (χ0) is 13.7. The lowest BCUT2D eigenvalue weighted by Crippen LogP contribution is -2.09. The number of aromatic carboxylic acids is 1. The Labute approximate surface area is 111 Å². The quantitative estimate of drug-likeness (QED) is 0.803. The second-order valence-electron chi connectivity index (χ2n) is 4.15. The van der Waals surface area contributed by atoms with E-state index in [2.05, 4.69) is 16.9 Å². The molecule has 5 heteroatoms. The number of hydrogen-bond donors (Lipinski definition) is 1. The highest BCUT2D eigenvalue weighted by Crippen LogP contribution is 2.11. The topological polar surface area (TPSA) is 68.0 Å². The molecule has 0 atom stereocenters. The summed E-state index contributed by atoms with van der Waals surface area (Å²) in [7, 11) is 0. The molecule has 0 aliphatic heterocycles. The van der Waals surface area contributed by atoms with Gasteiger partial charge in [-0.1, -0.05) is 41.6 Å². The minimum absolute atomic E-state index is 0.0257. The van der Waals surface area contributed by atoms with Crippen molar-refractivity contribution < 1.29 is 9.90 Å². The van der Waals surface area contributed by atoms with Crippen LogP contribution < -0.4 is 0 Å². The van der Waals surface area contributed by atoms with Crippen molar-refractivity contribution in [3.63, 3.8) is 0 Å². The summed E-state index contributed by atoms with van der Waals surface area (Å²) in [4.78, 5) is 11.1. The van der Waals surface area contributed by atoms with Crippen molar-refractivity contribution in [2.24, 2.45) is 0 Å². The molecule has 1 N–H and O–H groups in total. The zero-order valence-electron chi connectivity index (χ0n) is 10.5. The Kier molecular flexibility index (Phi) is 4.07. The Morgan fingerprint density at radius 3 is 2.68 bits per heavy atom. The molecule has 0 saturated heterocycles. The van der Waals surface area contributed by atoms with Gasteiger partial charge in [0.25, 0.3) is 0 Å². The van der Waals surface area contributed by atoms with Gasteiger partial charge >= 0.3 is 5.97 Å². The van der Waals surface area contributed by atoms with Crippen LogP contribution in [-0.4, -0.2) is 26.1 Å². The summed E-state index contributed by atoms with van der Waals surface area (Å²) in [6.45, 7) is 4.10. The van der Waals surface area contributed by atoms with Crippen LogP contribution >= 0.6 is 0 Å². The summed E-state index contributed by atoms with van der Waals surface area (Å²) < 4.78 is 1.58. The fourth-order valence-corrected chi connectivity index (χ4v) is 1.92. The van der Waals surface area contributed by atoms with Crippen molar-refractivity contribution in [1.29, 1.82) is 0 Å². The van der Waals surface area contributed by atoms with Crippen LogP contribution in [0.15, 0.2) is 43.0 Å². The van der Waals surface area contributed by atoms with Gasteiger partial charge in [-0.15, -0.1) is 11.7 Å². The third-order valence-electron chi connectivity index (χ3n) is 2.84. The van der Waals surface area contributed by atoms with Crippen LogP contribution in [-0.2, 0) is 19.4 Å². The highest BCUT2D eigenvalue weighted by Gasteiger charge is 2.17. The monoisotopic (exact) mass is 257 g/mol. The smallest absolute Gasteiger partial charge is 0.358 e. The predicted octanol–water partition coefficient (Wildman–Crippen LogP) is 1.95. The highest BCUT2D eigenvalue weighted by molar-refractivity contribution is 5.86. The minimum atomic E-state index is -1.04. The maximum atomic E-state index is 11.1. The average molecular weight is 257 g/mol. The Morgan fingerprint density at radius 2 is 2.05 bits per heavy atom. The third kappa shape index (κ3) is 3.07. The first-order valence-corrected chi connectivity index (χ1v) is 6.03. The Bertz CT molecular complexity index is 576. The molecule has 0 amide bonds. The summed E-state index contributed by atoms with van der Waals surface area (Å²) in [5, 5.41) is 16.7. The molecule has 0 aliphatic rings. The van der Waals surface area contributed by atoms with Crippen molar-refractivity contribution >= 4 is 5.97 Å². The van der Waals surface area contributed by atoms with Crippen molar-refractivity contribution in [2.75, 3.05) is 0 Å². The number of rotatable bonds is 6. The molecular weight excluding hydrogens is 242 g/mol. The molecule has 0 aliphatic carbocycles. The first-order valence-electron chi connectivity index (χ1n) is 6.03. The van der Waals surface area contributed by atoms with Crippen molar-refractivity contribution in [3.8, 4) is 0 Å². The molecular formula is C14H15N3O2. The van der Waals surface area contributed by atoms with Gasteiger partial charge in [0.2, 0.25) is 0 Å². The number of allylic oxidation sites excluding steroid dienone is 1. The van der Waals surface area contributed by atoms with Crippen molar-refractivity contribution in [2.45, 2.75) is 19.4 Å². The van der Waals surface area contributed by atoms with Gasteiger partial charge in [-0.2, -0.15) is 0 Å². The van der Waals surface area contributed by atoms with Crippen LogP contribution in [0.3, 0.4) is 0 Å². The SMILES string of the molecule is C=CCn1nnc(C(=O)O)c1CCc1ccccc1. The fraction of sp³-hybridized carbons (Fsp3) is 0.214. The molecule has 0 spiro atoms. The molecule has 2 aromatic rings. The Morgan fingerprint density at radius 1 is 1.32 bits per heavy atom. The molecule has 19 heavy (non-hydrogen) atoms. The van der Waals surface area contributed by atoms with Crippen molar-refractivity contribution in [1.82, 2.24) is 15.0 Å². The van der Waals surface area contributed by atoms with Crippen LogP contribution in [0.2, 0.25) is 0 Å². The number of aryl methyl sites for hydroxylation is 1. The fourth-order valence-electron chi connectivity index (χ4n) is 1.92. The summed E-state index contributed by atoms with van der Waals surface area (Å²) in [5.74, 6) is -1.04. The normalized spacial score (nSPS) is 10.3. The van der Waals surface area contributed by atoms with Gasteiger partial charge in [-0.25, -0.2) is 9.48 Å². The number of carboxylic acids is 1. The lowest BCUT2D eigenvalue weighted by molar-refractivity contribution is 0.0689. The van der Waals surface area contributed by atoms with Gasteiger partial charge in [0.05, 0.1) is 12.2 Å². The maximum absolute atomic E-state index is 11.1. The van der Waals surface area contributed by atoms with Crippen LogP contribution in [0.25, 0.3) is 0 Å². The molecule has 0 fully saturated rings. The van der Waals surface area contributed by atoms with E-state index in [1.54, 1.807) is 10.8 Å². The second kappa shape index (κ2) is 5.95. The molecule has 1 heterocycles. The lowest BCUT2D eigenvalue weighted by atomic mass is 10.1. The largest absolute Gasteiger partial charge is 0.476 e. The van der Waals surface area contributed by atoms with Crippen LogP contribution in [0.4, 0.5) is 0 Å². The third-order valence-corrected chi connectivity index (χ3v) is 2.84. The number of hydrogen-bond acceptors (Lipinski definition) is 3. The molecule has 1 aromatic heterocycles. The first-order chi connectivity index (χ1) is 9.22. The van der Waals surface area contributed by atoms with Gasteiger partial charge < -0.3 is 5.11 Å². The molecule has 0 saturated carbocycles. The average Bonchev–Trinajstić information content (AvgIpc) is 2.81. The summed E-state index contributed by atoms with van der Waals surface area (Å²) in [5.41, 5.74) is 1.82. The summed E-state index contributed by atoms with van der Waals surface area (Å²) in [6.07, 6.45) is 3.02. The minimum Gasteiger partial charge on any atom is -0.476 e. The van der Waals surface area contributed by atoms with Crippen LogP contribution in [0, 0.1) is 0 Å². The zero-order valence-corrected chi connectivity index (χ0v) is 10.5. The molecule has 98 valence electrons. The molecule has 5 nitrogen and oxygen atoms in total. The summed E-state index contributed by atoms with van der Waals surface area (Å²) in [6, 6.07) is 9.92. The van der Waals surface area contributed by atoms with E-state index in [0.717, 1.165) is 12.0 Å². The van der Waals surface area contributed by atoms with E-state index < -0.39 is 5.97 Å². The number of aromatic nitrogens is 3. The van der Waals surface area contributed by atoms with Gasteiger partial charge in [-0.05, 0) is 18.4 Å². The van der Waals surface area contributed by atoms with Gasteiger partial charge in [0, 0.05) is 0 Å². The van der Waals surface area contributed by atoms with E-state index in [-0.39, 0.29) is 5.69 Å². The Hall–Kier alpha value is -2.43. The van der Waals surface area contributed by atoms with E-state index in [0.29, 0.717) is 18.7 Å². The molecule has 0 radical (unpaired) electrons. The van der Waals surface area contributed by atoms with Crippen molar-refractivity contribution in [3.05, 3.63) is 59.9 Å². The van der Waals surface area contributed by atoms with E-state index >= 15 is 0 Å². The second-order valence-corrected chi connectivity index (χ2v) is 4.15. The van der Waals surface area contributed by atoms with Gasteiger partial charge in [0.15, 0.2) is 5.69 Å². The number of benzene rings is 1. The Balaban J connectivity index is 2.20. The van der Waals surface area contributed by atoms with Gasteiger partial charge in [0.1, 0.15) is 0 Å². The van der Waals surface area contributed by atoms with Crippen LogP contribution in [0.1, 0.15) is 21.7 Å². The predicted molar refractivity (Wildman–Crippen MR) is 71.0 cm³/mol. The van der Waals surface area contributed by atoms with E-state index in [4.69, 9.17) is 5.11 Å². The molecule has 1 aromatic carbocycles. The number of carbonyl (C=O) groups is 1. The lowest BCUT2D eigenvalue weighted by Gasteiger charge is -2.05. The van der Waals surface area contributed by atoms with Gasteiger partial charge in [-0.3, -0.25) is 0 Å².